The Morgan fingerprint density at radius 3 is 2.00 bits per heavy atom. The van der Waals surface area contributed by atoms with E-state index in [0.717, 1.165) is 6.08 Å². The van der Waals surface area contributed by atoms with Crippen LogP contribution in [0.15, 0.2) is 25.3 Å². The molecule has 0 aliphatic carbocycles. The first-order valence-corrected chi connectivity index (χ1v) is 7.50. The number of phosphoric acid groups is 1. The van der Waals surface area contributed by atoms with Crippen LogP contribution in [0.2, 0.25) is 0 Å². The Bertz CT molecular complexity index is 535. The van der Waals surface area contributed by atoms with Crippen molar-refractivity contribution in [2.45, 2.75) is 17.8 Å². The zero-order valence-corrected chi connectivity index (χ0v) is 12.9. The molecule has 24 heavy (non-hydrogen) atoms. The molecule has 0 atom stereocenters. The van der Waals surface area contributed by atoms with Crippen molar-refractivity contribution in [1.82, 2.24) is 4.90 Å². The molecule has 0 aromatic carbocycles. The fourth-order valence-electron chi connectivity index (χ4n) is 1.38. The standard InChI is InChI=1S/C11H14F6NO5P/c1-3-5-18(8(19)4-2)6-9(12,13)11(16,17)10(14,15)7-23-24(20,21)22/h3-4H,1-2,5-7H2,(H2,20,21,22). The van der Waals surface area contributed by atoms with E-state index in [1.807, 2.05) is 0 Å². The summed E-state index contributed by atoms with van der Waals surface area (Å²) >= 11 is 0. The zero-order chi connectivity index (χ0) is 19.4. The van der Waals surface area contributed by atoms with Crippen molar-refractivity contribution in [3.8, 4) is 0 Å². The Morgan fingerprint density at radius 2 is 1.62 bits per heavy atom. The maximum absolute atomic E-state index is 13.6. The molecule has 0 bridgehead atoms. The molecule has 0 aliphatic heterocycles. The van der Waals surface area contributed by atoms with Crippen LogP contribution >= 0.6 is 7.82 Å². The molecule has 0 spiro atoms. The Kier molecular flexibility index (Phi) is 7.25. The molecule has 140 valence electrons. The van der Waals surface area contributed by atoms with E-state index in [-0.39, 0.29) is 4.90 Å². The number of phosphoric ester groups is 1. The number of carbonyl (C=O) groups excluding carboxylic acids is 1. The number of alkyl halides is 6. The van der Waals surface area contributed by atoms with Crippen LogP contribution in [0.1, 0.15) is 0 Å². The summed E-state index contributed by atoms with van der Waals surface area (Å²) in [4.78, 5) is 27.8. The molecule has 0 radical (unpaired) electrons. The fraction of sp³-hybridized carbons (Fsp3) is 0.545. The van der Waals surface area contributed by atoms with E-state index in [1.165, 1.54) is 0 Å². The van der Waals surface area contributed by atoms with Gasteiger partial charge in [-0.05, 0) is 6.08 Å². The molecule has 0 aliphatic rings. The van der Waals surface area contributed by atoms with Crippen LogP contribution in [-0.4, -0.2) is 58.1 Å². The maximum atomic E-state index is 13.6. The van der Waals surface area contributed by atoms with Crippen LogP contribution in [0.4, 0.5) is 26.3 Å². The summed E-state index contributed by atoms with van der Waals surface area (Å²) in [6.45, 7) is 0.631. The summed E-state index contributed by atoms with van der Waals surface area (Å²) in [6, 6.07) is 0. The number of amides is 1. The average Bonchev–Trinajstić information content (AvgIpc) is 2.42. The second-order valence-corrected chi connectivity index (χ2v) is 5.70. The second-order valence-electron chi connectivity index (χ2n) is 4.46. The average molecular weight is 385 g/mol. The first-order valence-electron chi connectivity index (χ1n) is 5.97. The summed E-state index contributed by atoms with van der Waals surface area (Å²) in [5, 5.41) is 0. The van der Waals surface area contributed by atoms with E-state index in [0.29, 0.717) is 6.08 Å². The van der Waals surface area contributed by atoms with Gasteiger partial charge in [-0.15, -0.1) is 6.58 Å². The van der Waals surface area contributed by atoms with E-state index in [9.17, 15) is 35.7 Å². The smallest absolute Gasteiger partial charge is 0.329 e. The predicted molar refractivity (Wildman–Crippen MR) is 69.8 cm³/mol. The second kappa shape index (κ2) is 7.68. The number of hydrogen-bond acceptors (Lipinski definition) is 3. The van der Waals surface area contributed by atoms with Gasteiger partial charge in [-0.2, -0.15) is 26.3 Å². The van der Waals surface area contributed by atoms with Crippen molar-refractivity contribution in [1.29, 1.82) is 0 Å². The summed E-state index contributed by atoms with van der Waals surface area (Å²) in [5.74, 6) is -18.4. The molecule has 0 unspecified atom stereocenters. The normalized spacial score (nSPS) is 13.5. The molecule has 13 heteroatoms. The molecule has 0 saturated heterocycles. The largest absolute Gasteiger partial charge is 0.469 e. The number of halogens is 6. The first-order chi connectivity index (χ1) is 10.6. The van der Waals surface area contributed by atoms with Gasteiger partial charge in [0.05, 0.1) is 6.54 Å². The molecule has 1 amide bonds. The topological polar surface area (TPSA) is 87.1 Å². The summed E-state index contributed by atoms with van der Waals surface area (Å²) in [5.41, 5.74) is 0. The van der Waals surface area contributed by atoms with Crippen LogP contribution in [0.3, 0.4) is 0 Å². The van der Waals surface area contributed by atoms with E-state index in [1.54, 1.807) is 0 Å². The number of hydrogen-bond donors (Lipinski definition) is 2. The minimum absolute atomic E-state index is 0.0911. The Morgan fingerprint density at radius 1 is 1.12 bits per heavy atom. The van der Waals surface area contributed by atoms with Gasteiger partial charge < -0.3 is 14.7 Å². The Hall–Kier alpha value is -1.36. The molecule has 0 aromatic rings. The highest BCUT2D eigenvalue weighted by Gasteiger charge is 2.72. The highest BCUT2D eigenvalue weighted by Crippen LogP contribution is 2.48. The fourth-order valence-corrected chi connectivity index (χ4v) is 1.71. The van der Waals surface area contributed by atoms with Gasteiger partial charge in [0, 0.05) is 6.54 Å². The van der Waals surface area contributed by atoms with Crippen molar-refractivity contribution in [3.63, 3.8) is 0 Å². The quantitative estimate of drug-likeness (QED) is 0.261. The zero-order valence-electron chi connectivity index (χ0n) is 12.0. The first kappa shape index (κ1) is 22.6. The van der Waals surface area contributed by atoms with Gasteiger partial charge in [0.25, 0.3) is 0 Å². The molecule has 6 nitrogen and oxygen atoms in total. The van der Waals surface area contributed by atoms with E-state index in [4.69, 9.17) is 9.79 Å². The van der Waals surface area contributed by atoms with E-state index in [2.05, 4.69) is 17.7 Å². The van der Waals surface area contributed by atoms with Gasteiger partial charge in [-0.1, -0.05) is 12.7 Å². The lowest BCUT2D eigenvalue weighted by molar-refractivity contribution is -0.316. The molecule has 0 rings (SSSR count). The van der Waals surface area contributed by atoms with Crippen molar-refractivity contribution >= 4 is 13.7 Å². The number of rotatable bonds is 10. The molecule has 0 aromatic heterocycles. The highest BCUT2D eigenvalue weighted by atomic mass is 31.2. The van der Waals surface area contributed by atoms with Crippen molar-refractivity contribution < 1.29 is 50.0 Å². The molecule has 0 fully saturated rings. The highest BCUT2D eigenvalue weighted by molar-refractivity contribution is 7.46. The minimum atomic E-state index is -6.07. The van der Waals surface area contributed by atoms with Gasteiger partial charge in [0.15, 0.2) is 0 Å². The lowest BCUT2D eigenvalue weighted by Gasteiger charge is -2.35. The number of nitrogens with zero attached hydrogens (tertiary/aromatic N) is 1. The lowest BCUT2D eigenvalue weighted by Crippen LogP contribution is -2.60. The third kappa shape index (κ3) is 5.62. The molecule has 2 N–H and O–H groups in total. The van der Waals surface area contributed by atoms with Gasteiger partial charge in [-0.3, -0.25) is 9.32 Å². The Labute approximate surface area is 132 Å². The third-order valence-electron chi connectivity index (χ3n) is 2.56. The molecule has 0 saturated carbocycles. The van der Waals surface area contributed by atoms with Crippen molar-refractivity contribution in [3.05, 3.63) is 25.3 Å². The van der Waals surface area contributed by atoms with Crippen LogP contribution in [-0.2, 0) is 13.9 Å². The van der Waals surface area contributed by atoms with Gasteiger partial charge in [-0.25, -0.2) is 4.57 Å². The van der Waals surface area contributed by atoms with Gasteiger partial charge in [0.2, 0.25) is 5.91 Å². The lowest BCUT2D eigenvalue weighted by atomic mass is 10.0. The summed E-state index contributed by atoms with van der Waals surface area (Å²) in [6.07, 6.45) is 1.40. The monoisotopic (exact) mass is 385 g/mol. The maximum Gasteiger partial charge on any atom is 0.469 e. The van der Waals surface area contributed by atoms with Gasteiger partial charge >= 0.3 is 25.6 Å². The summed E-state index contributed by atoms with van der Waals surface area (Å²) < 4.78 is 94.4. The van der Waals surface area contributed by atoms with Crippen LogP contribution in [0.25, 0.3) is 0 Å². The summed E-state index contributed by atoms with van der Waals surface area (Å²) in [7, 11) is -5.59. The van der Waals surface area contributed by atoms with E-state index < -0.39 is 51.2 Å². The SMILES string of the molecule is C=CCN(CC(F)(F)C(F)(F)C(F)(F)COP(=O)(O)O)C(=O)C=C. The van der Waals surface area contributed by atoms with Gasteiger partial charge in [0.1, 0.15) is 6.61 Å². The Balaban J connectivity index is 5.46. The van der Waals surface area contributed by atoms with Crippen molar-refractivity contribution in [2.75, 3.05) is 19.7 Å². The van der Waals surface area contributed by atoms with Crippen LogP contribution in [0.5, 0.6) is 0 Å². The van der Waals surface area contributed by atoms with Crippen LogP contribution in [0, 0.1) is 0 Å². The van der Waals surface area contributed by atoms with Crippen molar-refractivity contribution in [2.24, 2.45) is 0 Å². The third-order valence-corrected chi connectivity index (χ3v) is 3.02. The minimum Gasteiger partial charge on any atom is -0.329 e. The molecule has 0 heterocycles. The molecular weight excluding hydrogens is 371 g/mol. The molecular formula is C11H14F6NO5P. The predicted octanol–water partition coefficient (Wildman–Crippen LogP) is 2.20. The number of carbonyl (C=O) groups is 1. The van der Waals surface area contributed by atoms with E-state index >= 15 is 0 Å². The van der Waals surface area contributed by atoms with Crippen LogP contribution < -0.4 is 0 Å².